The van der Waals surface area contributed by atoms with Crippen LogP contribution in [0.5, 0.6) is 0 Å². The van der Waals surface area contributed by atoms with Gasteiger partial charge >= 0.3 is 0 Å². The number of benzene rings is 1. The van der Waals surface area contributed by atoms with Crippen LogP contribution in [0.4, 0.5) is 0 Å². The van der Waals surface area contributed by atoms with E-state index < -0.39 is 0 Å². The predicted octanol–water partition coefficient (Wildman–Crippen LogP) is 5.05. The van der Waals surface area contributed by atoms with Gasteiger partial charge < -0.3 is 4.74 Å². The highest BCUT2D eigenvalue weighted by atomic mass is 16.5. The summed E-state index contributed by atoms with van der Waals surface area (Å²) < 4.78 is 5.92. The fourth-order valence-corrected chi connectivity index (χ4v) is 4.14. The average molecular weight is 322 g/mol. The number of hydrogen-bond acceptors (Lipinski definition) is 2. The van der Waals surface area contributed by atoms with Crippen LogP contribution in [0.25, 0.3) is 0 Å². The smallest absolute Gasteiger partial charge is 0.166 e. The third-order valence-electron chi connectivity index (χ3n) is 5.37. The molecule has 24 heavy (non-hydrogen) atoms. The molecule has 2 aliphatic rings. The van der Waals surface area contributed by atoms with Crippen molar-refractivity contribution in [3.8, 4) is 0 Å². The zero-order valence-corrected chi connectivity index (χ0v) is 15.0. The van der Waals surface area contributed by atoms with Crippen molar-refractivity contribution in [2.24, 2.45) is 17.3 Å². The molecular formula is C22H26O2. The minimum Gasteiger partial charge on any atom is -0.489 e. The van der Waals surface area contributed by atoms with Crippen LogP contribution in [0.15, 0.2) is 66.0 Å². The molecule has 3 rings (SSSR count). The van der Waals surface area contributed by atoms with Crippen molar-refractivity contribution < 1.29 is 9.53 Å². The van der Waals surface area contributed by atoms with Gasteiger partial charge in [0.05, 0.1) is 0 Å². The van der Waals surface area contributed by atoms with E-state index in [1.54, 1.807) is 0 Å². The summed E-state index contributed by atoms with van der Waals surface area (Å²) in [6.07, 6.45) is 8.12. The highest BCUT2D eigenvalue weighted by molar-refractivity contribution is 6.02. The maximum atomic E-state index is 13.1. The van der Waals surface area contributed by atoms with E-state index >= 15 is 0 Å². The molecule has 2 nitrogen and oxygen atoms in total. The van der Waals surface area contributed by atoms with Crippen molar-refractivity contribution in [2.45, 2.75) is 33.6 Å². The molecule has 0 heterocycles. The standard InChI is InChI=1S/C22H26O2/c1-5-6-14-24-17-12-13-22(3,4)20-18(15(2)21(23)19(17)20)16-10-8-7-9-11-16/h5-13,15,18,20H,14H2,1-4H3. The lowest BCUT2D eigenvalue weighted by molar-refractivity contribution is -0.117. The van der Waals surface area contributed by atoms with Crippen molar-refractivity contribution in [1.82, 2.24) is 0 Å². The molecule has 1 saturated carbocycles. The van der Waals surface area contributed by atoms with E-state index in [0.29, 0.717) is 6.61 Å². The van der Waals surface area contributed by atoms with Crippen LogP contribution < -0.4 is 0 Å². The Bertz CT molecular complexity index is 707. The van der Waals surface area contributed by atoms with Crippen LogP contribution in [-0.2, 0) is 9.53 Å². The number of carbonyl (C=O) groups is 1. The quantitative estimate of drug-likeness (QED) is 0.725. The third kappa shape index (κ3) is 2.75. The van der Waals surface area contributed by atoms with Crippen molar-refractivity contribution >= 4 is 5.78 Å². The predicted molar refractivity (Wildman–Crippen MR) is 97.6 cm³/mol. The van der Waals surface area contributed by atoms with E-state index in [9.17, 15) is 4.79 Å². The second-order valence-electron chi connectivity index (χ2n) is 7.38. The Balaban J connectivity index is 2.07. The summed E-state index contributed by atoms with van der Waals surface area (Å²) in [7, 11) is 0. The normalized spacial score (nSPS) is 28.5. The molecule has 3 unspecified atom stereocenters. The molecule has 0 saturated heterocycles. The average Bonchev–Trinajstić information content (AvgIpc) is 2.84. The molecule has 1 aromatic carbocycles. The molecule has 2 heteroatoms. The lowest BCUT2D eigenvalue weighted by Crippen LogP contribution is -2.29. The highest BCUT2D eigenvalue weighted by Gasteiger charge is 2.52. The number of carbonyl (C=O) groups excluding carboxylic acids is 1. The van der Waals surface area contributed by atoms with Crippen LogP contribution in [-0.4, -0.2) is 12.4 Å². The molecule has 0 spiro atoms. The fraction of sp³-hybridized carbons (Fsp3) is 0.409. The Labute approximate surface area is 144 Å². The summed E-state index contributed by atoms with van der Waals surface area (Å²) in [5.41, 5.74) is 2.06. The van der Waals surface area contributed by atoms with Gasteiger partial charge in [-0.15, -0.1) is 0 Å². The van der Waals surface area contributed by atoms with Gasteiger partial charge in [0.2, 0.25) is 0 Å². The lowest BCUT2D eigenvalue weighted by atomic mass is 9.66. The monoisotopic (exact) mass is 322 g/mol. The fourth-order valence-electron chi connectivity index (χ4n) is 4.14. The Hall–Kier alpha value is -2.09. The van der Waals surface area contributed by atoms with Crippen molar-refractivity contribution in [2.75, 3.05) is 6.61 Å². The van der Waals surface area contributed by atoms with Crippen LogP contribution in [0.2, 0.25) is 0 Å². The molecule has 0 radical (unpaired) electrons. The van der Waals surface area contributed by atoms with Crippen LogP contribution >= 0.6 is 0 Å². The zero-order chi connectivity index (χ0) is 17.3. The topological polar surface area (TPSA) is 26.3 Å². The van der Waals surface area contributed by atoms with Gasteiger partial charge in [0.15, 0.2) is 5.78 Å². The molecule has 0 aromatic heterocycles. The van der Waals surface area contributed by atoms with Crippen molar-refractivity contribution in [3.05, 3.63) is 71.5 Å². The van der Waals surface area contributed by atoms with E-state index in [4.69, 9.17) is 4.74 Å². The Morgan fingerprint density at radius 2 is 1.92 bits per heavy atom. The van der Waals surface area contributed by atoms with E-state index in [1.807, 2.05) is 31.2 Å². The van der Waals surface area contributed by atoms with E-state index in [0.717, 1.165) is 11.3 Å². The van der Waals surface area contributed by atoms with Gasteiger partial charge in [-0.3, -0.25) is 4.79 Å². The molecule has 0 N–H and O–H groups in total. The van der Waals surface area contributed by atoms with Gasteiger partial charge in [-0.1, -0.05) is 69.3 Å². The molecule has 0 amide bonds. The molecule has 0 bridgehead atoms. The van der Waals surface area contributed by atoms with Gasteiger partial charge in [-0.05, 0) is 24.0 Å². The number of hydrogen-bond donors (Lipinski definition) is 0. The maximum Gasteiger partial charge on any atom is 0.166 e. The zero-order valence-electron chi connectivity index (χ0n) is 15.0. The first kappa shape index (κ1) is 16.8. The molecule has 126 valence electrons. The maximum absolute atomic E-state index is 13.1. The Morgan fingerprint density at radius 1 is 1.21 bits per heavy atom. The minimum absolute atomic E-state index is 0.0214. The first-order valence-electron chi connectivity index (χ1n) is 8.74. The van der Waals surface area contributed by atoms with Crippen LogP contribution in [0, 0.1) is 17.3 Å². The number of fused-ring (bicyclic) bond motifs is 1. The summed E-state index contributed by atoms with van der Waals surface area (Å²) >= 11 is 0. The van der Waals surface area contributed by atoms with E-state index in [2.05, 4.69) is 51.1 Å². The molecule has 1 fully saturated rings. The van der Waals surface area contributed by atoms with Gasteiger partial charge in [0, 0.05) is 23.3 Å². The molecule has 3 atom stereocenters. The van der Waals surface area contributed by atoms with E-state index in [1.165, 1.54) is 5.56 Å². The second kappa shape index (κ2) is 6.43. The van der Waals surface area contributed by atoms with Gasteiger partial charge in [-0.2, -0.15) is 0 Å². The molecule has 1 aromatic rings. The van der Waals surface area contributed by atoms with Gasteiger partial charge in [0.1, 0.15) is 12.4 Å². The first-order valence-corrected chi connectivity index (χ1v) is 8.74. The van der Waals surface area contributed by atoms with Gasteiger partial charge in [0.25, 0.3) is 0 Å². The minimum atomic E-state index is -0.0658. The number of ether oxygens (including phenoxy) is 1. The largest absolute Gasteiger partial charge is 0.489 e. The summed E-state index contributed by atoms with van der Waals surface area (Å²) in [5, 5.41) is 0. The Kier molecular flexibility index (Phi) is 4.49. The molecule has 2 aliphatic carbocycles. The number of allylic oxidation sites excluding steroid dienone is 4. The van der Waals surface area contributed by atoms with Crippen molar-refractivity contribution in [1.29, 1.82) is 0 Å². The van der Waals surface area contributed by atoms with Crippen molar-refractivity contribution in [3.63, 3.8) is 0 Å². The van der Waals surface area contributed by atoms with E-state index in [-0.39, 0.29) is 29.0 Å². The SMILES string of the molecule is CC=CCOC1=C2C(=O)C(C)C(c3ccccc3)C2C(C)(C)C=C1. The second-order valence-corrected chi connectivity index (χ2v) is 7.38. The molecule has 0 aliphatic heterocycles. The highest BCUT2D eigenvalue weighted by Crippen LogP contribution is 2.56. The summed E-state index contributed by atoms with van der Waals surface area (Å²) in [5.74, 6) is 1.34. The summed E-state index contributed by atoms with van der Waals surface area (Å²) in [6.45, 7) is 8.98. The lowest BCUT2D eigenvalue weighted by Gasteiger charge is -2.37. The number of ketones is 1. The third-order valence-corrected chi connectivity index (χ3v) is 5.37. The number of rotatable bonds is 4. The van der Waals surface area contributed by atoms with Gasteiger partial charge in [-0.25, -0.2) is 0 Å². The number of Topliss-reactive ketones (excluding diaryl/α,β-unsaturated/α-hetero) is 1. The van der Waals surface area contributed by atoms with Crippen LogP contribution in [0.3, 0.4) is 0 Å². The Morgan fingerprint density at radius 3 is 2.58 bits per heavy atom. The summed E-state index contributed by atoms with van der Waals surface area (Å²) in [4.78, 5) is 13.1. The van der Waals surface area contributed by atoms with Crippen LogP contribution in [0.1, 0.15) is 39.2 Å². The molecular weight excluding hydrogens is 296 g/mol. The first-order chi connectivity index (χ1) is 11.5. The summed E-state index contributed by atoms with van der Waals surface area (Å²) in [6, 6.07) is 10.4.